The predicted molar refractivity (Wildman–Crippen MR) is 82.0 cm³/mol. The number of halogens is 1. The van der Waals surface area contributed by atoms with Crippen molar-refractivity contribution in [3.05, 3.63) is 53.0 Å². The van der Waals surface area contributed by atoms with E-state index in [1.165, 1.54) is 13.2 Å². The van der Waals surface area contributed by atoms with Crippen LogP contribution in [0.15, 0.2) is 46.6 Å². The molecule has 0 aliphatic heterocycles. The van der Waals surface area contributed by atoms with E-state index < -0.39 is 5.97 Å². The Morgan fingerprint density at radius 2 is 2.19 bits per heavy atom. The van der Waals surface area contributed by atoms with Crippen LogP contribution in [0, 0.1) is 0 Å². The molecule has 0 aliphatic carbocycles. The summed E-state index contributed by atoms with van der Waals surface area (Å²) in [7, 11) is 1.42. The molecule has 110 valence electrons. The minimum Gasteiger partial charge on any atom is -0.490 e. The Labute approximate surface area is 127 Å². The highest BCUT2D eigenvalue weighted by atomic mass is 35.5. The van der Waals surface area contributed by atoms with Crippen LogP contribution in [0.3, 0.4) is 0 Å². The molecule has 0 fully saturated rings. The Bertz CT molecular complexity index is 697. The molecular formula is C16H15ClO4. The largest absolute Gasteiger partial charge is 0.490 e. The number of ether oxygens (including phenoxy) is 2. The monoisotopic (exact) mass is 306 g/mol. The molecular weight excluding hydrogens is 292 g/mol. The van der Waals surface area contributed by atoms with Crippen molar-refractivity contribution in [3.8, 4) is 0 Å². The van der Waals surface area contributed by atoms with Gasteiger partial charge in [0.2, 0.25) is 5.76 Å². The SMILES string of the molecule is CCOC(=O)/C(=C/C=C/c1cc2cc(Cl)ccc2o1)OC. The molecule has 5 heteroatoms. The van der Waals surface area contributed by atoms with Crippen LogP contribution in [0.1, 0.15) is 12.7 Å². The van der Waals surface area contributed by atoms with Crippen LogP contribution in [0.5, 0.6) is 0 Å². The second kappa shape index (κ2) is 6.99. The van der Waals surface area contributed by atoms with Gasteiger partial charge in [0.1, 0.15) is 11.3 Å². The van der Waals surface area contributed by atoms with E-state index in [0.717, 1.165) is 11.0 Å². The van der Waals surface area contributed by atoms with Gasteiger partial charge < -0.3 is 13.9 Å². The first kappa shape index (κ1) is 15.2. The highest BCUT2D eigenvalue weighted by Gasteiger charge is 2.08. The van der Waals surface area contributed by atoms with E-state index in [-0.39, 0.29) is 5.76 Å². The fraction of sp³-hybridized carbons (Fsp3) is 0.188. The Morgan fingerprint density at radius 3 is 2.90 bits per heavy atom. The number of furan rings is 1. The normalized spacial score (nSPS) is 12.0. The third kappa shape index (κ3) is 3.89. The number of hydrogen-bond acceptors (Lipinski definition) is 4. The van der Waals surface area contributed by atoms with E-state index in [1.807, 2.05) is 18.2 Å². The third-order valence-corrected chi connectivity index (χ3v) is 2.94. The maximum Gasteiger partial charge on any atom is 0.373 e. The van der Waals surface area contributed by atoms with Gasteiger partial charge in [-0.3, -0.25) is 0 Å². The first-order chi connectivity index (χ1) is 10.1. The van der Waals surface area contributed by atoms with Crippen molar-refractivity contribution in [2.75, 3.05) is 13.7 Å². The van der Waals surface area contributed by atoms with Gasteiger partial charge in [0.15, 0.2) is 0 Å². The summed E-state index contributed by atoms with van der Waals surface area (Å²) in [4.78, 5) is 11.5. The van der Waals surface area contributed by atoms with Gasteiger partial charge in [0.25, 0.3) is 0 Å². The Kier molecular flexibility index (Phi) is 5.06. The summed E-state index contributed by atoms with van der Waals surface area (Å²) in [5.74, 6) is 0.288. The smallest absolute Gasteiger partial charge is 0.373 e. The molecule has 0 unspecified atom stereocenters. The number of carbonyl (C=O) groups is 1. The number of allylic oxidation sites excluding steroid dienone is 2. The van der Waals surface area contributed by atoms with E-state index in [9.17, 15) is 4.79 Å². The summed E-state index contributed by atoms with van der Waals surface area (Å²) < 4.78 is 15.4. The number of esters is 1. The molecule has 0 N–H and O–H groups in total. The minimum absolute atomic E-state index is 0.132. The van der Waals surface area contributed by atoms with Crippen molar-refractivity contribution >= 4 is 34.6 Å². The van der Waals surface area contributed by atoms with Gasteiger partial charge >= 0.3 is 5.97 Å². The van der Waals surface area contributed by atoms with Gasteiger partial charge in [-0.25, -0.2) is 4.79 Å². The van der Waals surface area contributed by atoms with Gasteiger partial charge in [0.05, 0.1) is 13.7 Å². The average molecular weight is 307 g/mol. The minimum atomic E-state index is -0.499. The lowest BCUT2D eigenvalue weighted by atomic mass is 10.2. The van der Waals surface area contributed by atoms with E-state index in [4.69, 9.17) is 25.5 Å². The standard InChI is InChI=1S/C16H15ClO4/c1-3-20-16(18)15(19-2)6-4-5-13-10-11-9-12(17)7-8-14(11)21-13/h4-10H,3H2,1-2H3/b5-4+,15-6-. The lowest BCUT2D eigenvalue weighted by Gasteiger charge is -2.03. The topological polar surface area (TPSA) is 48.7 Å². The van der Waals surface area contributed by atoms with Crippen molar-refractivity contribution in [1.82, 2.24) is 0 Å². The van der Waals surface area contributed by atoms with E-state index in [1.54, 1.807) is 25.1 Å². The summed E-state index contributed by atoms with van der Waals surface area (Å²) in [5, 5.41) is 1.58. The number of methoxy groups -OCH3 is 1. The van der Waals surface area contributed by atoms with E-state index in [2.05, 4.69) is 0 Å². The molecule has 1 aromatic heterocycles. The van der Waals surface area contributed by atoms with Crippen LogP contribution in [-0.2, 0) is 14.3 Å². The molecule has 0 amide bonds. The first-order valence-corrected chi connectivity index (χ1v) is 6.80. The number of benzene rings is 1. The zero-order valence-electron chi connectivity index (χ0n) is 11.8. The lowest BCUT2D eigenvalue weighted by molar-refractivity contribution is -0.142. The third-order valence-electron chi connectivity index (χ3n) is 2.70. The summed E-state index contributed by atoms with van der Waals surface area (Å²) in [6.07, 6.45) is 4.92. The van der Waals surface area contributed by atoms with Crippen LogP contribution < -0.4 is 0 Å². The molecule has 4 nitrogen and oxygen atoms in total. The summed E-state index contributed by atoms with van der Waals surface area (Å²) in [6, 6.07) is 7.27. The predicted octanol–water partition coefficient (Wildman–Crippen LogP) is 4.19. The molecule has 1 aromatic carbocycles. The summed E-state index contributed by atoms with van der Waals surface area (Å²) in [6.45, 7) is 2.04. The molecule has 0 aliphatic rings. The van der Waals surface area contributed by atoms with Crippen LogP contribution >= 0.6 is 11.6 Å². The quantitative estimate of drug-likeness (QED) is 0.360. The number of rotatable bonds is 5. The molecule has 0 saturated heterocycles. The maximum absolute atomic E-state index is 11.5. The zero-order chi connectivity index (χ0) is 15.2. The molecule has 0 spiro atoms. The summed E-state index contributed by atoms with van der Waals surface area (Å²) in [5.41, 5.74) is 0.750. The van der Waals surface area contributed by atoms with Crippen LogP contribution in [0.4, 0.5) is 0 Å². The van der Waals surface area contributed by atoms with Crippen molar-refractivity contribution in [1.29, 1.82) is 0 Å². The molecule has 21 heavy (non-hydrogen) atoms. The molecule has 2 rings (SSSR count). The maximum atomic E-state index is 11.5. The summed E-state index contributed by atoms with van der Waals surface area (Å²) >= 11 is 5.92. The van der Waals surface area contributed by atoms with Crippen molar-refractivity contribution in [2.24, 2.45) is 0 Å². The lowest BCUT2D eigenvalue weighted by Crippen LogP contribution is -2.08. The Balaban J connectivity index is 2.16. The van der Waals surface area contributed by atoms with Crippen LogP contribution in [0.25, 0.3) is 17.0 Å². The second-order valence-electron chi connectivity index (χ2n) is 4.15. The van der Waals surface area contributed by atoms with Crippen molar-refractivity contribution < 1.29 is 18.7 Å². The molecule has 2 aromatic rings. The van der Waals surface area contributed by atoms with Gasteiger partial charge in [-0.1, -0.05) is 17.7 Å². The highest BCUT2D eigenvalue weighted by molar-refractivity contribution is 6.31. The number of fused-ring (bicyclic) bond motifs is 1. The van der Waals surface area contributed by atoms with Crippen LogP contribution in [-0.4, -0.2) is 19.7 Å². The average Bonchev–Trinajstić information content (AvgIpc) is 2.85. The second-order valence-corrected chi connectivity index (χ2v) is 4.58. The van der Waals surface area contributed by atoms with E-state index >= 15 is 0 Å². The van der Waals surface area contributed by atoms with Gasteiger partial charge in [-0.15, -0.1) is 0 Å². The first-order valence-electron chi connectivity index (χ1n) is 6.42. The van der Waals surface area contributed by atoms with Crippen molar-refractivity contribution in [3.63, 3.8) is 0 Å². The molecule has 0 saturated carbocycles. The molecule has 0 radical (unpaired) electrons. The fourth-order valence-corrected chi connectivity index (χ4v) is 1.95. The molecule has 0 bridgehead atoms. The Hall–Kier alpha value is -2.20. The van der Waals surface area contributed by atoms with Crippen LogP contribution in [0.2, 0.25) is 5.02 Å². The number of carbonyl (C=O) groups excluding carboxylic acids is 1. The van der Waals surface area contributed by atoms with Gasteiger partial charge in [-0.05, 0) is 43.3 Å². The highest BCUT2D eigenvalue weighted by Crippen LogP contribution is 2.23. The molecule has 1 heterocycles. The van der Waals surface area contributed by atoms with Crippen molar-refractivity contribution in [2.45, 2.75) is 6.92 Å². The zero-order valence-corrected chi connectivity index (χ0v) is 12.5. The van der Waals surface area contributed by atoms with E-state index in [0.29, 0.717) is 17.4 Å². The fourth-order valence-electron chi connectivity index (χ4n) is 1.77. The van der Waals surface area contributed by atoms with Gasteiger partial charge in [0, 0.05) is 10.4 Å². The number of hydrogen-bond donors (Lipinski definition) is 0. The van der Waals surface area contributed by atoms with Gasteiger partial charge in [-0.2, -0.15) is 0 Å². The Morgan fingerprint density at radius 1 is 1.38 bits per heavy atom. The molecule has 0 atom stereocenters.